The number of fused-ring (bicyclic) bond motifs is 1. The van der Waals surface area contributed by atoms with Gasteiger partial charge in [0, 0.05) is 54.6 Å². The van der Waals surface area contributed by atoms with E-state index in [2.05, 4.69) is 36.3 Å². The molecule has 0 aromatic carbocycles. The number of hydrogen-bond acceptors (Lipinski definition) is 4. The van der Waals surface area contributed by atoms with Crippen molar-refractivity contribution >= 4 is 34.7 Å². The van der Waals surface area contributed by atoms with Crippen molar-refractivity contribution < 1.29 is 4.79 Å². The van der Waals surface area contributed by atoms with Crippen LogP contribution in [0.15, 0.2) is 16.3 Å². The number of carbonyl (C=O) groups excluding carboxylic acids is 1. The van der Waals surface area contributed by atoms with E-state index in [0.29, 0.717) is 0 Å². The first-order valence-electron chi connectivity index (χ1n) is 5.02. The Morgan fingerprint density at radius 1 is 1.40 bits per heavy atom. The highest BCUT2D eigenvalue weighted by atomic mass is 127. The summed E-state index contributed by atoms with van der Waals surface area (Å²) in [7, 11) is 0. The summed E-state index contributed by atoms with van der Waals surface area (Å²) < 4.78 is 2.15. The number of carbonyl (C=O) groups is 1. The number of rotatable bonds is 0. The smallest absolute Gasteiger partial charge is 0.259 e. The first-order chi connectivity index (χ1) is 7.25. The topological polar surface area (TPSA) is 47.9 Å². The standard InChI is InChI=1S/C9H11IN4O/c10-13-3-1-7-6(5-13)8(15)14-4-2-11-9(14)12-7/h1-5H2,(H,11,12). The van der Waals surface area contributed by atoms with Crippen LogP contribution < -0.4 is 5.32 Å². The third kappa shape index (κ3) is 1.46. The van der Waals surface area contributed by atoms with Gasteiger partial charge in [0.15, 0.2) is 0 Å². The minimum absolute atomic E-state index is 0.140. The Morgan fingerprint density at radius 2 is 2.27 bits per heavy atom. The lowest BCUT2D eigenvalue weighted by atomic mass is 10.0. The average molecular weight is 318 g/mol. The Kier molecular flexibility index (Phi) is 2.20. The van der Waals surface area contributed by atoms with Crippen molar-refractivity contribution in [2.75, 3.05) is 26.2 Å². The Morgan fingerprint density at radius 3 is 3.13 bits per heavy atom. The first-order valence-corrected chi connectivity index (χ1v) is 5.98. The molecule has 0 aromatic rings. The number of amides is 1. The molecule has 1 amide bonds. The zero-order valence-electron chi connectivity index (χ0n) is 8.16. The molecule has 1 N–H and O–H groups in total. The molecule has 0 aromatic heterocycles. The molecule has 0 saturated heterocycles. The fraction of sp³-hybridized carbons (Fsp3) is 0.556. The summed E-state index contributed by atoms with van der Waals surface area (Å²) in [4.78, 5) is 18.1. The summed E-state index contributed by atoms with van der Waals surface area (Å²) in [5, 5.41) is 3.27. The van der Waals surface area contributed by atoms with Gasteiger partial charge in [-0.2, -0.15) is 0 Å². The monoisotopic (exact) mass is 318 g/mol. The van der Waals surface area contributed by atoms with Crippen LogP contribution in [0.3, 0.4) is 0 Å². The van der Waals surface area contributed by atoms with Crippen molar-refractivity contribution in [2.45, 2.75) is 6.42 Å². The number of hydrogen-bond donors (Lipinski definition) is 1. The maximum absolute atomic E-state index is 12.1. The van der Waals surface area contributed by atoms with Crippen molar-refractivity contribution in [3.05, 3.63) is 11.3 Å². The van der Waals surface area contributed by atoms with Gasteiger partial charge in [-0.15, -0.1) is 0 Å². The van der Waals surface area contributed by atoms with E-state index < -0.39 is 0 Å². The number of aliphatic imine (C=N–C) groups is 1. The van der Waals surface area contributed by atoms with Gasteiger partial charge in [-0.05, 0) is 0 Å². The van der Waals surface area contributed by atoms with Crippen LogP contribution in [-0.2, 0) is 4.79 Å². The molecule has 0 atom stereocenters. The second kappa shape index (κ2) is 3.44. The van der Waals surface area contributed by atoms with Gasteiger partial charge in [-0.1, -0.05) is 0 Å². The number of halogens is 1. The Balaban J connectivity index is 1.97. The summed E-state index contributed by atoms with van der Waals surface area (Å²) in [5.41, 5.74) is 1.99. The average Bonchev–Trinajstić information content (AvgIpc) is 2.68. The maximum atomic E-state index is 12.1. The largest absolute Gasteiger partial charge is 0.329 e. The molecule has 0 radical (unpaired) electrons. The molecule has 0 spiro atoms. The third-order valence-corrected chi connectivity index (χ3v) is 3.73. The van der Waals surface area contributed by atoms with Gasteiger partial charge >= 0.3 is 0 Å². The highest BCUT2D eigenvalue weighted by Crippen LogP contribution is 2.24. The second-order valence-electron chi connectivity index (χ2n) is 3.84. The molecule has 3 aliphatic heterocycles. The van der Waals surface area contributed by atoms with Crippen LogP contribution in [0, 0.1) is 0 Å². The molecule has 0 saturated carbocycles. The lowest BCUT2D eigenvalue weighted by Gasteiger charge is -2.33. The Bertz CT molecular complexity index is 390. The second-order valence-corrected chi connectivity index (χ2v) is 5.20. The molecule has 80 valence electrons. The summed E-state index contributed by atoms with van der Waals surface area (Å²) >= 11 is 2.27. The van der Waals surface area contributed by atoms with Gasteiger partial charge in [-0.25, -0.2) is 3.11 Å². The molecule has 3 heterocycles. The SMILES string of the molecule is O=C1C2=C(CCN(I)C2)NC2=NCCN12. The van der Waals surface area contributed by atoms with Gasteiger partial charge in [0.1, 0.15) is 0 Å². The van der Waals surface area contributed by atoms with Gasteiger partial charge in [0.05, 0.1) is 12.1 Å². The highest BCUT2D eigenvalue weighted by Gasteiger charge is 2.35. The predicted octanol–water partition coefficient (Wildman–Crippen LogP) is 0.0976. The predicted molar refractivity (Wildman–Crippen MR) is 64.4 cm³/mol. The van der Waals surface area contributed by atoms with Gasteiger partial charge in [-0.3, -0.25) is 14.7 Å². The lowest BCUT2D eigenvalue weighted by Crippen LogP contribution is -2.51. The van der Waals surface area contributed by atoms with E-state index in [-0.39, 0.29) is 5.91 Å². The minimum Gasteiger partial charge on any atom is -0.329 e. The molecule has 3 aliphatic rings. The van der Waals surface area contributed by atoms with Crippen LogP contribution in [0.2, 0.25) is 0 Å². The van der Waals surface area contributed by atoms with Crippen LogP contribution in [0.25, 0.3) is 0 Å². The Labute approximate surface area is 102 Å². The van der Waals surface area contributed by atoms with E-state index in [1.54, 1.807) is 4.90 Å². The van der Waals surface area contributed by atoms with E-state index in [1.165, 1.54) is 0 Å². The summed E-state index contributed by atoms with van der Waals surface area (Å²) in [5.74, 6) is 0.891. The van der Waals surface area contributed by atoms with E-state index in [9.17, 15) is 4.79 Å². The van der Waals surface area contributed by atoms with E-state index >= 15 is 0 Å². The first kappa shape index (κ1) is 9.59. The van der Waals surface area contributed by atoms with Crippen molar-refractivity contribution in [3.8, 4) is 0 Å². The van der Waals surface area contributed by atoms with Crippen LogP contribution in [0.4, 0.5) is 0 Å². The van der Waals surface area contributed by atoms with Crippen molar-refractivity contribution in [1.82, 2.24) is 13.3 Å². The molecule has 0 aliphatic carbocycles. The quantitative estimate of drug-likeness (QED) is 0.509. The van der Waals surface area contributed by atoms with Gasteiger partial charge in [0.2, 0.25) is 5.96 Å². The van der Waals surface area contributed by atoms with Crippen LogP contribution >= 0.6 is 22.9 Å². The normalized spacial score (nSPS) is 26.1. The fourth-order valence-electron chi connectivity index (χ4n) is 2.11. The Hall–Kier alpha value is -0.630. The molecule has 5 nitrogen and oxygen atoms in total. The molecule has 3 rings (SSSR count). The fourth-order valence-corrected chi connectivity index (χ4v) is 2.70. The van der Waals surface area contributed by atoms with E-state index in [0.717, 1.165) is 49.8 Å². The summed E-state index contributed by atoms with van der Waals surface area (Å²) in [6, 6.07) is 0. The van der Waals surface area contributed by atoms with Crippen LogP contribution in [0.5, 0.6) is 0 Å². The third-order valence-electron chi connectivity index (χ3n) is 2.91. The zero-order chi connectivity index (χ0) is 10.4. The highest BCUT2D eigenvalue weighted by molar-refractivity contribution is 14.1. The summed E-state index contributed by atoms with van der Waals surface area (Å²) in [6.45, 7) is 3.18. The van der Waals surface area contributed by atoms with Crippen molar-refractivity contribution in [3.63, 3.8) is 0 Å². The molecule has 15 heavy (non-hydrogen) atoms. The summed E-state index contributed by atoms with van der Waals surface area (Å²) in [6.07, 6.45) is 0.914. The van der Waals surface area contributed by atoms with Crippen LogP contribution in [0.1, 0.15) is 6.42 Å². The number of nitrogens with one attached hydrogen (secondary N) is 1. The van der Waals surface area contributed by atoms with E-state index in [4.69, 9.17) is 0 Å². The molecular formula is C9H11IN4O. The molecule has 0 bridgehead atoms. The maximum Gasteiger partial charge on any atom is 0.259 e. The van der Waals surface area contributed by atoms with Gasteiger partial charge in [0.25, 0.3) is 5.91 Å². The number of guanidine groups is 1. The van der Waals surface area contributed by atoms with Gasteiger partial charge < -0.3 is 5.32 Å². The van der Waals surface area contributed by atoms with Crippen LogP contribution in [-0.4, -0.2) is 46.1 Å². The molecule has 0 unspecified atom stereocenters. The molecule has 6 heteroatoms. The minimum atomic E-state index is 0.140. The lowest BCUT2D eigenvalue weighted by molar-refractivity contribution is -0.123. The molecular weight excluding hydrogens is 307 g/mol. The number of nitrogens with zero attached hydrogens (tertiary/aromatic N) is 3. The zero-order valence-corrected chi connectivity index (χ0v) is 10.3. The van der Waals surface area contributed by atoms with Crippen molar-refractivity contribution in [2.24, 2.45) is 4.99 Å². The van der Waals surface area contributed by atoms with E-state index in [1.807, 2.05) is 0 Å². The van der Waals surface area contributed by atoms with Crippen molar-refractivity contribution in [1.29, 1.82) is 0 Å². The molecule has 0 fully saturated rings.